The first kappa shape index (κ1) is 23.7. The Hall–Kier alpha value is -3.94. The number of anilines is 4. The molecule has 2 aromatic carbocycles. The third kappa shape index (κ3) is 6.77. The van der Waals surface area contributed by atoms with Crippen molar-refractivity contribution in [3.05, 3.63) is 71.4 Å². The van der Waals surface area contributed by atoms with Crippen molar-refractivity contribution in [2.45, 2.75) is 33.6 Å². The van der Waals surface area contributed by atoms with E-state index in [1.807, 2.05) is 69.3 Å². The second-order valence-corrected chi connectivity index (χ2v) is 7.55. The van der Waals surface area contributed by atoms with Crippen molar-refractivity contribution in [1.29, 1.82) is 0 Å². The summed E-state index contributed by atoms with van der Waals surface area (Å²) in [6.45, 7) is 6.02. The molecule has 4 N–H and O–H groups in total. The van der Waals surface area contributed by atoms with Gasteiger partial charge in [-0.15, -0.1) is 0 Å². The molecule has 8 nitrogen and oxygen atoms in total. The third-order valence-electron chi connectivity index (χ3n) is 5.14. The quantitative estimate of drug-likeness (QED) is 0.375. The van der Waals surface area contributed by atoms with Crippen molar-refractivity contribution in [2.24, 2.45) is 0 Å². The molecule has 0 radical (unpaired) electrons. The highest BCUT2D eigenvalue weighted by molar-refractivity contribution is 5.95. The molecule has 1 heterocycles. The number of aromatic nitrogens is 2. The number of amides is 2. The number of carbonyl (C=O) groups is 2. The Labute approximate surface area is 194 Å². The number of hydrogen-bond donors (Lipinski definition) is 4. The highest BCUT2D eigenvalue weighted by atomic mass is 16.2. The lowest BCUT2D eigenvalue weighted by Crippen LogP contribution is -2.24. The predicted octanol–water partition coefficient (Wildman–Crippen LogP) is 4.01. The van der Waals surface area contributed by atoms with Gasteiger partial charge in [0.15, 0.2) is 0 Å². The summed E-state index contributed by atoms with van der Waals surface area (Å²) in [5.74, 6) is 0.475. The minimum atomic E-state index is -0.191. The van der Waals surface area contributed by atoms with Crippen LogP contribution < -0.4 is 21.3 Å². The number of benzene rings is 2. The number of nitrogens with zero attached hydrogens (tertiary/aromatic N) is 2. The van der Waals surface area contributed by atoms with Crippen LogP contribution in [-0.4, -0.2) is 34.9 Å². The molecule has 0 spiro atoms. The highest BCUT2D eigenvalue weighted by Crippen LogP contribution is 2.17. The number of carbonyl (C=O) groups excluding carboxylic acids is 2. The van der Waals surface area contributed by atoms with E-state index in [1.54, 1.807) is 6.20 Å². The van der Waals surface area contributed by atoms with Crippen LogP contribution in [0.15, 0.2) is 54.7 Å². The maximum absolute atomic E-state index is 12.4. The summed E-state index contributed by atoms with van der Waals surface area (Å²) in [4.78, 5) is 33.4. The van der Waals surface area contributed by atoms with Crippen LogP contribution in [0.25, 0.3) is 0 Å². The Morgan fingerprint density at radius 2 is 1.30 bits per heavy atom. The zero-order chi connectivity index (χ0) is 23.6. The topological polar surface area (TPSA) is 108 Å². The first-order valence-corrected chi connectivity index (χ1v) is 11.1. The molecular formula is C25H30N6O2. The van der Waals surface area contributed by atoms with E-state index >= 15 is 0 Å². The molecule has 3 rings (SSSR count). The zero-order valence-electron chi connectivity index (χ0n) is 19.2. The van der Waals surface area contributed by atoms with Crippen molar-refractivity contribution in [3.63, 3.8) is 0 Å². The van der Waals surface area contributed by atoms with Crippen molar-refractivity contribution in [1.82, 2.24) is 9.97 Å². The summed E-state index contributed by atoms with van der Waals surface area (Å²) in [6.07, 6.45) is 3.31. The summed E-state index contributed by atoms with van der Waals surface area (Å²) < 4.78 is 0. The van der Waals surface area contributed by atoms with Gasteiger partial charge in [-0.2, -0.15) is 4.98 Å². The van der Waals surface area contributed by atoms with Gasteiger partial charge < -0.3 is 21.3 Å². The standard InChI is InChI=1S/C25H30N6O2/c1-4-18-10-6-8-12-20(18)29-22(32)15-26-24-17(3)14-27-25(31-24)28-16-23(33)30-21-13-9-7-11-19(21)5-2/h6-14H,4-5,15-16H2,1-3H3,(H,29,32)(H,30,33)(H2,26,27,28,31). The summed E-state index contributed by atoms with van der Waals surface area (Å²) >= 11 is 0. The van der Waals surface area contributed by atoms with Gasteiger partial charge in [0.05, 0.1) is 13.1 Å². The van der Waals surface area contributed by atoms with E-state index in [0.29, 0.717) is 11.8 Å². The normalized spacial score (nSPS) is 10.4. The van der Waals surface area contributed by atoms with Crippen molar-refractivity contribution >= 4 is 35.0 Å². The summed E-state index contributed by atoms with van der Waals surface area (Å²) in [5.41, 5.74) is 4.56. The van der Waals surface area contributed by atoms with Gasteiger partial charge in [0, 0.05) is 23.1 Å². The van der Waals surface area contributed by atoms with Gasteiger partial charge in [0.2, 0.25) is 17.8 Å². The van der Waals surface area contributed by atoms with Crippen molar-refractivity contribution < 1.29 is 9.59 Å². The number of hydrogen-bond acceptors (Lipinski definition) is 6. The lowest BCUT2D eigenvalue weighted by Gasteiger charge is -2.13. The summed E-state index contributed by atoms with van der Waals surface area (Å²) in [7, 11) is 0. The number of nitrogens with one attached hydrogen (secondary N) is 4. The average Bonchev–Trinajstić information content (AvgIpc) is 2.83. The second kappa shape index (κ2) is 11.6. The number of rotatable bonds is 10. The third-order valence-corrected chi connectivity index (χ3v) is 5.14. The van der Waals surface area contributed by atoms with E-state index in [2.05, 4.69) is 31.2 Å². The molecule has 3 aromatic rings. The molecule has 33 heavy (non-hydrogen) atoms. The van der Waals surface area contributed by atoms with E-state index in [1.165, 1.54) is 0 Å². The van der Waals surface area contributed by atoms with Gasteiger partial charge >= 0.3 is 0 Å². The molecule has 8 heteroatoms. The molecule has 0 saturated heterocycles. The minimum Gasteiger partial charge on any atom is -0.361 e. The van der Waals surface area contributed by atoms with Crippen LogP contribution in [0.2, 0.25) is 0 Å². The Morgan fingerprint density at radius 3 is 1.85 bits per heavy atom. The van der Waals surface area contributed by atoms with Crippen molar-refractivity contribution in [3.8, 4) is 0 Å². The fourth-order valence-corrected chi connectivity index (χ4v) is 3.32. The second-order valence-electron chi connectivity index (χ2n) is 7.55. The van der Waals surface area contributed by atoms with Crippen LogP contribution in [0, 0.1) is 6.92 Å². The van der Waals surface area contributed by atoms with E-state index in [4.69, 9.17) is 0 Å². The van der Waals surface area contributed by atoms with Crippen molar-refractivity contribution in [2.75, 3.05) is 34.4 Å². The van der Waals surface area contributed by atoms with Gasteiger partial charge in [0.25, 0.3) is 0 Å². The fourth-order valence-electron chi connectivity index (χ4n) is 3.32. The Balaban J connectivity index is 1.54. The molecule has 0 aliphatic rings. The Kier molecular flexibility index (Phi) is 8.35. The lowest BCUT2D eigenvalue weighted by molar-refractivity contribution is -0.115. The van der Waals surface area contributed by atoms with E-state index in [0.717, 1.165) is 40.9 Å². The van der Waals surface area contributed by atoms with E-state index < -0.39 is 0 Å². The molecule has 0 bridgehead atoms. The van der Waals surface area contributed by atoms with Crippen LogP contribution in [0.3, 0.4) is 0 Å². The molecule has 0 atom stereocenters. The molecular weight excluding hydrogens is 416 g/mol. The van der Waals surface area contributed by atoms with Crippen LogP contribution >= 0.6 is 0 Å². The van der Waals surface area contributed by atoms with Crippen LogP contribution in [0.1, 0.15) is 30.5 Å². The monoisotopic (exact) mass is 446 g/mol. The Bertz CT molecular complexity index is 1120. The van der Waals surface area contributed by atoms with Crippen LogP contribution in [0.5, 0.6) is 0 Å². The molecule has 2 amide bonds. The fraction of sp³-hybridized carbons (Fsp3) is 0.280. The zero-order valence-corrected chi connectivity index (χ0v) is 19.2. The molecule has 0 saturated carbocycles. The number of aryl methyl sites for hydroxylation is 3. The first-order valence-electron chi connectivity index (χ1n) is 11.1. The van der Waals surface area contributed by atoms with Gasteiger partial charge in [-0.25, -0.2) is 4.98 Å². The smallest absolute Gasteiger partial charge is 0.243 e. The molecule has 172 valence electrons. The SMILES string of the molecule is CCc1ccccc1NC(=O)CNc1ncc(C)c(NCC(=O)Nc2ccccc2CC)n1. The Morgan fingerprint density at radius 1 is 0.788 bits per heavy atom. The molecule has 0 aliphatic heterocycles. The maximum Gasteiger partial charge on any atom is 0.243 e. The largest absolute Gasteiger partial charge is 0.361 e. The van der Waals surface area contributed by atoms with Gasteiger partial charge in [-0.1, -0.05) is 50.2 Å². The maximum atomic E-state index is 12.4. The minimum absolute atomic E-state index is 0.0227. The van der Waals surface area contributed by atoms with Gasteiger partial charge in [-0.05, 0) is 43.0 Å². The van der Waals surface area contributed by atoms with Gasteiger partial charge in [0.1, 0.15) is 5.82 Å². The summed E-state index contributed by atoms with van der Waals surface area (Å²) in [5, 5.41) is 11.8. The summed E-state index contributed by atoms with van der Waals surface area (Å²) in [6, 6.07) is 15.4. The average molecular weight is 447 g/mol. The highest BCUT2D eigenvalue weighted by Gasteiger charge is 2.10. The number of para-hydroxylation sites is 2. The molecule has 0 fully saturated rings. The first-order chi connectivity index (χ1) is 16.0. The molecule has 0 aliphatic carbocycles. The van der Waals surface area contributed by atoms with Crippen LogP contribution in [-0.2, 0) is 22.4 Å². The van der Waals surface area contributed by atoms with E-state index in [-0.39, 0.29) is 24.9 Å². The van der Waals surface area contributed by atoms with Crippen LogP contribution in [0.4, 0.5) is 23.1 Å². The molecule has 0 unspecified atom stereocenters. The lowest BCUT2D eigenvalue weighted by atomic mass is 10.1. The van der Waals surface area contributed by atoms with E-state index in [9.17, 15) is 9.59 Å². The van der Waals surface area contributed by atoms with Gasteiger partial charge in [-0.3, -0.25) is 9.59 Å². The predicted molar refractivity (Wildman–Crippen MR) is 133 cm³/mol. The molecule has 1 aromatic heterocycles.